The molecule has 0 atom stereocenters. The standard InChI is InChI=1S/C15H19N3O2/c1-11-3-2-4-14-16-12(9-15(20)18(11)14)10-17(7-8-19)13-5-6-13/h2-4,9,13,19H,5-8,10H2,1H3. The summed E-state index contributed by atoms with van der Waals surface area (Å²) >= 11 is 0. The molecule has 106 valence electrons. The number of nitrogens with zero attached hydrogens (tertiary/aromatic N) is 3. The molecule has 5 nitrogen and oxygen atoms in total. The Bertz CT molecular complexity index is 676. The number of fused-ring (bicyclic) bond motifs is 1. The molecule has 0 saturated heterocycles. The van der Waals surface area contributed by atoms with Gasteiger partial charge in [-0.25, -0.2) is 4.98 Å². The van der Waals surface area contributed by atoms with E-state index in [2.05, 4.69) is 9.88 Å². The number of hydrogen-bond acceptors (Lipinski definition) is 4. The first kappa shape index (κ1) is 13.3. The van der Waals surface area contributed by atoms with E-state index >= 15 is 0 Å². The van der Waals surface area contributed by atoms with E-state index in [1.165, 1.54) is 12.8 Å². The van der Waals surface area contributed by atoms with Crippen LogP contribution in [0.4, 0.5) is 0 Å². The number of aryl methyl sites for hydroxylation is 1. The molecule has 0 bridgehead atoms. The fourth-order valence-electron chi connectivity index (χ4n) is 2.61. The van der Waals surface area contributed by atoms with Gasteiger partial charge in [0, 0.05) is 30.9 Å². The fraction of sp³-hybridized carbons (Fsp3) is 0.467. The summed E-state index contributed by atoms with van der Waals surface area (Å²) in [5.41, 5.74) is 2.32. The van der Waals surface area contributed by atoms with Crippen LogP contribution in [0.3, 0.4) is 0 Å². The predicted octanol–water partition coefficient (Wildman–Crippen LogP) is 0.960. The highest BCUT2D eigenvalue weighted by Gasteiger charge is 2.28. The van der Waals surface area contributed by atoms with Gasteiger partial charge in [-0.05, 0) is 31.9 Å². The monoisotopic (exact) mass is 273 g/mol. The molecule has 3 rings (SSSR count). The van der Waals surface area contributed by atoms with Crippen LogP contribution in [0.5, 0.6) is 0 Å². The second-order valence-electron chi connectivity index (χ2n) is 5.37. The van der Waals surface area contributed by atoms with E-state index in [1.54, 1.807) is 10.5 Å². The smallest absolute Gasteiger partial charge is 0.258 e. The Labute approximate surface area is 117 Å². The van der Waals surface area contributed by atoms with Crippen molar-refractivity contribution in [2.45, 2.75) is 32.4 Å². The van der Waals surface area contributed by atoms with Gasteiger partial charge in [0.15, 0.2) is 0 Å². The molecule has 5 heteroatoms. The predicted molar refractivity (Wildman–Crippen MR) is 76.7 cm³/mol. The van der Waals surface area contributed by atoms with Crippen molar-refractivity contribution in [2.75, 3.05) is 13.2 Å². The first-order valence-corrected chi connectivity index (χ1v) is 7.02. The van der Waals surface area contributed by atoms with Crippen molar-refractivity contribution in [2.24, 2.45) is 0 Å². The van der Waals surface area contributed by atoms with Crippen LogP contribution in [0.1, 0.15) is 24.2 Å². The second kappa shape index (κ2) is 5.34. The average molecular weight is 273 g/mol. The lowest BCUT2D eigenvalue weighted by molar-refractivity contribution is 0.182. The molecular formula is C15H19N3O2. The van der Waals surface area contributed by atoms with E-state index in [4.69, 9.17) is 5.11 Å². The Kier molecular flexibility index (Phi) is 3.54. The average Bonchev–Trinajstić information content (AvgIpc) is 3.22. The van der Waals surface area contributed by atoms with E-state index in [1.807, 2.05) is 25.1 Å². The normalized spacial score (nSPS) is 15.2. The Hall–Kier alpha value is -1.72. The maximum Gasteiger partial charge on any atom is 0.258 e. The molecule has 0 unspecified atom stereocenters. The molecule has 1 fully saturated rings. The molecule has 0 amide bonds. The lowest BCUT2D eigenvalue weighted by atomic mass is 10.3. The van der Waals surface area contributed by atoms with Gasteiger partial charge in [0.05, 0.1) is 12.3 Å². The Morgan fingerprint density at radius 1 is 1.45 bits per heavy atom. The molecule has 1 aliphatic rings. The lowest BCUT2D eigenvalue weighted by Crippen LogP contribution is -2.30. The summed E-state index contributed by atoms with van der Waals surface area (Å²) in [7, 11) is 0. The van der Waals surface area contributed by atoms with Gasteiger partial charge >= 0.3 is 0 Å². The van der Waals surface area contributed by atoms with Crippen LogP contribution < -0.4 is 5.56 Å². The number of pyridine rings is 1. The molecule has 1 aliphatic carbocycles. The van der Waals surface area contributed by atoms with Crippen LogP contribution in [0, 0.1) is 6.92 Å². The molecule has 2 aromatic heterocycles. The Morgan fingerprint density at radius 3 is 2.95 bits per heavy atom. The van der Waals surface area contributed by atoms with Gasteiger partial charge in [0.1, 0.15) is 5.65 Å². The molecule has 0 aromatic carbocycles. The van der Waals surface area contributed by atoms with Crippen molar-refractivity contribution < 1.29 is 5.11 Å². The highest BCUT2D eigenvalue weighted by molar-refractivity contribution is 5.40. The summed E-state index contributed by atoms with van der Waals surface area (Å²) in [5, 5.41) is 9.13. The summed E-state index contributed by atoms with van der Waals surface area (Å²) in [6.45, 7) is 3.31. The van der Waals surface area contributed by atoms with Crippen molar-refractivity contribution in [1.82, 2.24) is 14.3 Å². The SMILES string of the molecule is Cc1cccc2nc(CN(CCO)C3CC3)cc(=O)n12. The zero-order valence-corrected chi connectivity index (χ0v) is 11.6. The molecule has 1 saturated carbocycles. The van der Waals surface area contributed by atoms with Gasteiger partial charge in [0.25, 0.3) is 5.56 Å². The number of aromatic nitrogens is 2. The third-order valence-corrected chi connectivity index (χ3v) is 3.75. The first-order valence-electron chi connectivity index (χ1n) is 7.02. The highest BCUT2D eigenvalue weighted by Crippen LogP contribution is 2.27. The van der Waals surface area contributed by atoms with Crippen LogP contribution in [0.2, 0.25) is 0 Å². The van der Waals surface area contributed by atoms with Crippen LogP contribution >= 0.6 is 0 Å². The van der Waals surface area contributed by atoms with Crippen molar-refractivity contribution in [3.63, 3.8) is 0 Å². The number of aliphatic hydroxyl groups is 1. The maximum absolute atomic E-state index is 12.2. The van der Waals surface area contributed by atoms with Gasteiger partial charge < -0.3 is 5.11 Å². The number of hydrogen-bond donors (Lipinski definition) is 1. The minimum Gasteiger partial charge on any atom is -0.395 e. The van der Waals surface area contributed by atoms with Gasteiger partial charge in [-0.1, -0.05) is 6.07 Å². The molecule has 0 spiro atoms. The fourth-order valence-corrected chi connectivity index (χ4v) is 2.61. The van der Waals surface area contributed by atoms with Crippen LogP contribution in [-0.2, 0) is 6.54 Å². The summed E-state index contributed by atoms with van der Waals surface area (Å²) in [4.78, 5) is 19.0. The summed E-state index contributed by atoms with van der Waals surface area (Å²) < 4.78 is 1.62. The van der Waals surface area contributed by atoms with E-state index in [0.717, 1.165) is 11.4 Å². The summed E-state index contributed by atoms with van der Waals surface area (Å²) in [6.07, 6.45) is 2.34. The van der Waals surface area contributed by atoms with Gasteiger partial charge in [0.2, 0.25) is 0 Å². The van der Waals surface area contributed by atoms with Crippen LogP contribution in [0.25, 0.3) is 5.65 Å². The molecule has 0 radical (unpaired) electrons. The van der Waals surface area contributed by atoms with Gasteiger partial charge in [-0.2, -0.15) is 0 Å². The minimum atomic E-state index is -0.0390. The molecule has 2 heterocycles. The zero-order valence-electron chi connectivity index (χ0n) is 11.6. The highest BCUT2D eigenvalue weighted by atomic mass is 16.3. The Balaban J connectivity index is 1.94. The molecule has 20 heavy (non-hydrogen) atoms. The topological polar surface area (TPSA) is 57.8 Å². The van der Waals surface area contributed by atoms with Crippen molar-refractivity contribution in [1.29, 1.82) is 0 Å². The van der Waals surface area contributed by atoms with E-state index < -0.39 is 0 Å². The molecule has 0 aliphatic heterocycles. The maximum atomic E-state index is 12.2. The van der Waals surface area contributed by atoms with Crippen molar-refractivity contribution in [3.8, 4) is 0 Å². The second-order valence-corrected chi connectivity index (χ2v) is 5.37. The third kappa shape index (κ3) is 2.59. The number of rotatable bonds is 5. The molecule has 1 N–H and O–H groups in total. The van der Waals surface area contributed by atoms with Crippen LogP contribution in [0.15, 0.2) is 29.1 Å². The molecular weight excluding hydrogens is 254 g/mol. The van der Waals surface area contributed by atoms with Gasteiger partial charge in [-0.3, -0.25) is 14.1 Å². The van der Waals surface area contributed by atoms with Crippen molar-refractivity contribution in [3.05, 3.63) is 46.0 Å². The number of aliphatic hydroxyl groups excluding tert-OH is 1. The summed E-state index contributed by atoms with van der Waals surface area (Å²) in [6, 6.07) is 7.81. The van der Waals surface area contributed by atoms with Crippen molar-refractivity contribution >= 4 is 5.65 Å². The first-order chi connectivity index (χ1) is 9.69. The zero-order chi connectivity index (χ0) is 14.1. The van der Waals surface area contributed by atoms with E-state index in [9.17, 15) is 4.79 Å². The van der Waals surface area contributed by atoms with Gasteiger partial charge in [-0.15, -0.1) is 0 Å². The molecule has 2 aromatic rings. The lowest BCUT2D eigenvalue weighted by Gasteiger charge is -2.20. The third-order valence-electron chi connectivity index (χ3n) is 3.75. The largest absolute Gasteiger partial charge is 0.395 e. The van der Waals surface area contributed by atoms with Crippen LogP contribution in [-0.4, -0.2) is 38.6 Å². The Morgan fingerprint density at radius 2 is 2.25 bits per heavy atom. The quantitative estimate of drug-likeness (QED) is 0.881. The van der Waals surface area contributed by atoms with E-state index in [-0.39, 0.29) is 12.2 Å². The van der Waals surface area contributed by atoms with E-state index in [0.29, 0.717) is 24.8 Å². The summed E-state index contributed by atoms with van der Waals surface area (Å²) in [5.74, 6) is 0. The minimum absolute atomic E-state index is 0.0390.